The third kappa shape index (κ3) is 11.5. The molecule has 0 N–H and O–H groups in total. The summed E-state index contributed by atoms with van der Waals surface area (Å²) in [6.07, 6.45) is 11.7. The lowest BCUT2D eigenvalue weighted by Gasteiger charge is -2.24. The number of rotatable bonds is 11. The van der Waals surface area contributed by atoms with E-state index in [0.717, 1.165) is 13.0 Å². The normalized spacial score (nSPS) is 11.0. The van der Waals surface area contributed by atoms with Crippen LogP contribution in [-0.4, -0.2) is 37.8 Å². The van der Waals surface area contributed by atoms with Crippen LogP contribution in [0.15, 0.2) is 0 Å². The molecule has 3 nitrogen and oxygen atoms in total. The molecule has 0 saturated carbocycles. The zero-order valence-corrected chi connectivity index (χ0v) is 14.7. The molecule has 0 unspecified atom stereocenters. The Morgan fingerprint density at radius 2 is 1.30 bits per heavy atom. The highest BCUT2D eigenvalue weighted by Crippen LogP contribution is 2.11. The first kappa shape index (κ1) is 22.0. The van der Waals surface area contributed by atoms with E-state index in [-0.39, 0.29) is 18.5 Å². The quantitative estimate of drug-likeness (QED) is 0.429. The lowest BCUT2D eigenvalue weighted by Crippen LogP contribution is -3.00. The maximum absolute atomic E-state index is 11.7. The molecule has 20 heavy (non-hydrogen) atoms. The van der Waals surface area contributed by atoms with Crippen molar-refractivity contribution in [2.75, 3.05) is 27.2 Å². The maximum Gasteiger partial charge on any atom is 0.515 e. The molecule has 0 saturated heterocycles. The van der Waals surface area contributed by atoms with Crippen molar-refractivity contribution in [3.63, 3.8) is 0 Å². The van der Waals surface area contributed by atoms with Gasteiger partial charge in [0, 0.05) is 0 Å². The van der Waals surface area contributed by atoms with E-state index < -0.39 is 0 Å². The summed E-state index contributed by atoms with van der Waals surface area (Å²) in [6, 6.07) is 0. The lowest BCUT2D eigenvalue weighted by atomic mass is 10.1. The Morgan fingerprint density at radius 1 is 0.850 bits per heavy atom. The average Bonchev–Trinajstić information content (AvgIpc) is 2.37. The van der Waals surface area contributed by atoms with E-state index in [9.17, 15) is 4.79 Å². The number of ether oxygens (including phenoxy) is 1. The van der Waals surface area contributed by atoms with Crippen LogP contribution in [-0.2, 0) is 4.74 Å². The minimum Gasteiger partial charge on any atom is -1.00 e. The van der Waals surface area contributed by atoms with Gasteiger partial charge in [-0.15, -0.1) is 0 Å². The van der Waals surface area contributed by atoms with Gasteiger partial charge in [0.2, 0.25) is 0 Å². The Hall–Kier alpha value is -0.280. The number of hydrogen-bond donors (Lipinski definition) is 0. The first-order chi connectivity index (χ1) is 9.04. The molecule has 1 amide bonds. The molecule has 0 aromatic carbocycles. The molecule has 0 radical (unpaired) electrons. The molecule has 0 aliphatic rings. The fourth-order valence-corrected chi connectivity index (χ4v) is 2.21. The topological polar surface area (TPSA) is 26.3 Å². The van der Waals surface area contributed by atoms with Gasteiger partial charge in [0.1, 0.15) is 0 Å². The van der Waals surface area contributed by atoms with E-state index in [2.05, 4.69) is 6.92 Å². The summed E-state index contributed by atoms with van der Waals surface area (Å²) in [5, 5.41) is 0. The number of halogens is 1. The highest BCUT2D eigenvalue weighted by molar-refractivity contribution is 5.59. The molecule has 0 aliphatic heterocycles. The van der Waals surface area contributed by atoms with E-state index in [4.69, 9.17) is 4.74 Å². The standard InChI is InChI=1S/C16H34NO2.ClH/c1-5-7-8-9-10-11-12-13-14-15-17(3,4)16(18)19-6-2;/h5-15H2,1-4H3;1H/q+1;/p-1. The summed E-state index contributed by atoms with van der Waals surface area (Å²) >= 11 is 0. The zero-order chi connectivity index (χ0) is 14.6. The van der Waals surface area contributed by atoms with Crippen LogP contribution in [0, 0.1) is 0 Å². The Kier molecular flexibility index (Phi) is 15.1. The molecule has 0 atom stereocenters. The van der Waals surface area contributed by atoms with Gasteiger partial charge in [0.05, 0.1) is 27.2 Å². The van der Waals surface area contributed by atoms with Gasteiger partial charge in [-0.3, -0.25) is 0 Å². The number of hydrogen-bond acceptors (Lipinski definition) is 2. The van der Waals surface area contributed by atoms with Gasteiger partial charge in [0.15, 0.2) is 0 Å². The van der Waals surface area contributed by atoms with Crippen LogP contribution >= 0.6 is 0 Å². The highest BCUT2D eigenvalue weighted by Gasteiger charge is 2.27. The molecule has 0 spiro atoms. The Bertz CT molecular complexity index is 233. The van der Waals surface area contributed by atoms with Crippen molar-refractivity contribution in [3.8, 4) is 0 Å². The van der Waals surface area contributed by atoms with Gasteiger partial charge < -0.3 is 17.1 Å². The summed E-state index contributed by atoms with van der Waals surface area (Å²) in [7, 11) is 3.87. The molecule has 0 heterocycles. The number of carbonyl (C=O) groups excluding carboxylic acids is 1. The van der Waals surface area contributed by atoms with Gasteiger partial charge in [-0.05, 0) is 19.8 Å². The molecule has 0 fully saturated rings. The average molecular weight is 308 g/mol. The van der Waals surface area contributed by atoms with Gasteiger partial charge in [-0.25, -0.2) is 4.48 Å². The Morgan fingerprint density at radius 3 is 1.75 bits per heavy atom. The molecule has 4 heteroatoms. The van der Waals surface area contributed by atoms with Crippen molar-refractivity contribution in [2.45, 2.75) is 71.6 Å². The van der Waals surface area contributed by atoms with Crippen molar-refractivity contribution in [1.82, 2.24) is 0 Å². The Labute approximate surface area is 132 Å². The lowest BCUT2D eigenvalue weighted by molar-refractivity contribution is -0.817. The largest absolute Gasteiger partial charge is 1.00 e. The second-order valence-corrected chi connectivity index (χ2v) is 5.94. The van der Waals surface area contributed by atoms with E-state index in [1.165, 1.54) is 51.4 Å². The molecular formula is C16H34ClNO2. The van der Waals surface area contributed by atoms with Crippen LogP contribution in [0.4, 0.5) is 4.79 Å². The zero-order valence-electron chi connectivity index (χ0n) is 13.9. The van der Waals surface area contributed by atoms with Gasteiger partial charge >= 0.3 is 6.09 Å². The predicted octanol–water partition coefficient (Wildman–Crippen LogP) is 1.75. The SMILES string of the molecule is CCCCCCCCCCC[N+](C)(C)C(=O)OCC.[Cl-]. The third-order valence-electron chi connectivity index (χ3n) is 3.58. The van der Waals surface area contributed by atoms with Crippen molar-refractivity contribution in [1.29, 1.82) is 0 Å². The second kappa shape index (κ2) is 13.7. The number of amides is 1. The summed E-state index contributed by atoms with van der Waals surface area (Å²) in [4.78, 5) is 11.7. The van der Waals surface area contributed by atoms with Crippen molar-refractivity contribution in [3.05, 3.63) is 0 Å². The van der Waals surface area contributed by atoms with Crippen LogP contribution in [0.1, 0.15) is 71.6 Å². The van der Waals surface area contributed by atoms with E-state index in [1.54, 1.807) is 0 Å². The van der Waals surface area contributed by atoms with Gasteiger partial charge in [0.25, 0.3) is 0 Å². The minimum atomic E-state index is -0.109. The van der Waals surface area contributed by atoms with Crippen LogP contribution < -0.4 is 12.4 Å². The monoisotopic (exact) mass is 307 g/mol. The molecule has 0 aromatic rings. The van der Waals surface area contributed by atoms with E-state index >= 15 is 0 Å². The smallest absolute Gasteiger partial charge is 0.515 e. The first-order valence-electron chi connectivity index (χ1n) is 8.05. The van der Waals surface area contributed by atoms with Crippen LogP contribution in [0.3, 0.4) is 0 Å². The summed E-state index contributed by atoms with van der Waals surface area (Å²) in [5.41, 5.74) is 0. The van der Waals surface area contributed by atoms with Crippen LogP contribution in [0.5, 0.6) is 0 Å². The fraction of sp³-hybridized carbons (Fsp3) is 0.938. The van der Waals surface area contributed by atoms with Crippen LogP contribution in [0.25, 0.3) is 0 Å². The Balaban J connectivity index is 0. The molecule has 0 rings (SSSR count). The molecular weight excluding hydrogens is 274 g/mol. The highest BCUT2D eigenvalue weighted by atomic mass is 35.5. The number of carbonyl (C=O) groups is 1. The van der Waals surface area contributed by atoms with Gasteiger partial charge in [-0.2, -0.15) is 4.79 Å². The predicted molar refractivity (Wildman–Crippen MR) is 81.2 cm³/mol. The number of unbranched alkanes of at least 4 members (excludes halogenated alkanes) is 8. The first-order valence-corrected chi connectivity index (χ1v) is 8.05. The molecule has 0 aromatic heterocycles. The van der Waals surface area contributed by atoms with Crippen molar-refractivity contribution in [2.24, 2.45) is 0 Å². The maximum atomic E-state index is 11.7. The molecule has 122 valence electrons. The fourth-order valence-electron chi connectivity index (χ4n) is 2.21. The van der Waals surface area contributed by atoms with Gasteiger partial charge in [-0.1, -0.05) is 51.9 Å². The molecule has 0 bridgehead atoms. The summed E-state index contributed by atoms with van der Waals surface area (Å²) < 4.78 is 5.42. The number of nitrogens with zero attached hydrogens (tertiary/aromatic N) is 1. The minimum absolute atomic E-state index is 0. The van der Waals surface area contributed by atoms with Crippen LogP contribution in [0.2, 0.25) is 0 Å². The number of quaternary nitrogens is 1. The second-order valence-electron chi connectivity index (χ2n) is 5.94. The molecule has 0 aliphatic carbocycles. The van der Waals surface area contributed by atoms with E-state index in [0.29, 0.717) is 11.1 Å². The van der Waals surface area contributed by atoms with Crippen molar-refractivity contribution >= 4 is 6.09 Å². The van der Waals surface area contributed by atoms with E-state index in [1.807, 2.05) is 21.0 Å². The summed E-state index contributed by atoms with van der Waals surface area (Å²) in [6.45, 7) is 5.47. The van der Waals surface area contributed by atoms with Crippen molar-refractivity contribution < 1.29 is 26.4 Å². The summed E-state index contributed by atoms with van der Waals surface area (Å²) in [5.74, 6) is 0. The third-order valence-corrected chi connectivity index (χ3v) is 3.58.